The second kappa shape index (κ2) is 4.63. The first kappa shape index (κ1) is 13.5. The maximum absolute atomic E-state index is 12.3. The van der Waals surface area contributed by atoms with E-state index in [-0.39, 0.29) is 36.9 Å². The van der Waals surface area contributed by atoms with Crippen molar-refractivity contribution in [3.8, 4) is 0 Å². The summed E-state index contributed by atoms with van der Waals surface area (Å²) in [5.74, 6) is -0.499. The number of fused-ring (bicyclic) bond motifs is 1. The minimum atomic E-state index is -1.12. The number of nitrogens with zero attached hydrogens (tertiary/aromatic N) is 1. The second-order valence-electron chi connectivity index (χ2n) is 5.70. The number of rotatable bonds is 4. The van der Waals surface area contributed by atoms with Crippen LogP contribution in [0.5, 0.6) is 0 Å². The van der Waals surface area contributed by atoms with E-state index in [2.05, 4.69) is 0 Å². The van der Waals surface area contributed by atoms with Crippen molar-refractivity contribution in [3.63, 3.8) is 0 Å². The zero-order valence-electron chi connectivity index (χ0n) is 10.9. The van der Waals surface area contributed by atoms with E-state index >= 15 is 0 Å². The Morgan fingerprint density at radius 3 is 1.94 bits per heavy atom. The van der Waals surface area contributed by atoms with Crippen LogP contribution in [0.15, 0.2) is 0 Å². The molecule has 2 aliphatic rings. The summed E-state index contributed by atoms with van der Waals surface area (Å²) in [4.78, 5) is 25.8. The van der Waals surface area contributed by atoms with Crippen LogP contribution in [0, 0.1) is 17.8 Å². The van der Waals surface area contributed by atoms with E-state index in [1.165, 1.54) is 0 Å². The van der Waals surface area contributed by atoms with Crippen molar-refractivity contribution < 1.29 is 19.8 Å². The fraction of sp³-hybridized carbons (Fsp3) is 0.846. The van der Waals surface area contributed by atoms with Gasteiger partial charge in [-0.2, -0.15) is 0 Å². The zero-order valence-corrected chi connectivity index (χ0v) is 10.9. The van der Waals surface area contributed by atoms with Crippen LogP contribution < -0.4 is 0 Å². The van der Waals surface area contributed by atoms with E-state index in [4.69, 9.17) is 0 Å². The highest BCUT2D eigenvalue weighted by molar-refractivity contribution is 6.06. The number of hydrogen-bond acceptors (Lipinski definition) is 4. The second-order valence-corrected chi connectivity index (χ2v) is 5.70. The van der Waals surface area contributed by atoms with Gasteiger partial charge in [0.15, 0.2) is 0 Å². The van der Waals surface area contributed by atoms with Gasteiger partial charge in [0.2, 0.25) is 11.8 Å². The lowest BCUT2D eigenvalue weighted by Gasteiger charge is -2.37. The topological polar surface area (TPSA) is 77.8 Å². The molecule has 2 amide bonds. The minimum absolute atomic E-state index is 0.209. The van der Waals surface area contributed by atoms with Crippen molar-refractivity contribution in [2.24, 2.45) is 17.8 Å². The van der Waals surface area contributed by atoms with Gasteiger partial charge in [0.25, 0.3) is 0 Å². The van der Waals surface area contributed by atoms with Crippen molar-refractivity contribution in [1.82, 2.24) is 4.90 Å². The van der Waals surface area contributed by atoms with Gasteiger partial charge in [-0.1, -0.05) is 13.8 Å². The Morgan fingerprint density at radius 1 is 1.17 bits per heavy atom. The first-order valence-electron chi connectivity index (χ1n) is 6.60. The van der Waals surface area contributed by atoms with E-state index < -0.39 is 5.54 Å². The van der Waals surface area contributed by atoms with Crippen LogP contribution in [0.2, 0.25) is 0 Å². The van der Waals surface area contributed by atoms with Crippen molar-refractivity contribution in [3.05, 3.63) is 0 Å². The monoisotopic (exact) mass is 255 g/mol. The molecule has 2 rings (SSSR count). The van der Waals surface area contributed by atoms with Gasteiger partial charge in [0.1, 0.15) is 0 Å². The fourth-order valence-electron chi connectivity index (χ4n) is 3.32. The van der Waals surface area contributed by atoms with E-state index in [0.29, 0.717) is 12.3 Å². The fourth-order valence-corrected chi connectivity index (χ4v) is 3.32. The molecule has 1 heterocycles. The van der Waals surface area contributed by atoms with Gasteiger partial charge in [0, 0.05) is 0 Å². The van der Waals surface area contributed by atoms with Crippen molar-refractivity contribution in [1.29, 1.82) is 0 Å². The quantitative estimate of drug-likeness (QED) is 0.701. The maximum Gasteiger partial charge on any atom is 0.233 e. The highest BCUT2D eigenvalue weighted by atomic mass is 16.3. The molecule has 0 radical (unpaired) electrons. The summed E-state index contributed by atoms with van der Waals surface area (Å²) in [5, 5.41) is 19.0. The molecule has 0 bridgehead atoms. The smallest absolute Gasteiger partial charge is 0.233 e. The molecule has 0 aromatic carbocycles. The molecule has 5 nitrogen and oxygen atoms in total. The van der Waals surface area contributed by atoms with Gasteiger partial charge < -0.3 is 10.2 Å². The largest absolute Gasteiger partial charge is 0.394 e. The summed E-state index contributed by atoms with van der Waals surface area (Å²) < 4.78 is 0. The van der Waals surface area contributed by atoms with Gasteiger partial charge in [-0.3, -0.25) is 14.5 Å². The Labute approximate surface area is 107 Å². The molecule has 2 fully saturated rings. The molecule has 1 aliphatic heterocycles. The number of aliphatic hydroxyl groups is 2. The molecule has 0 aromatic rings. The summed E-state index contributed by atoms with van der Waals surface area (Å²) in [7, 11) is 0. The third-order valence-electron chi connectivity index (χ3n) is 4.59. The van der Waals surface area contributed by atoms with Crippen LogP contribution in [0.1, 0.15) is 33.1 Å². The third kappa shape index (κ3) is 1.68. The normalized spacial score (nSPS) is 32.2. The zero-order chi connectivity index (χ0) is 13.5. The Kier molecular flexibility index (Phi) is 3.47. The van der Waals surface area contributed by atoms with Crippen LogP contribution in [-0.2, 0) is 9.59 Å². The van der Waals surface area contributed by atoms with Crippen LogP contribution in [0.4, 0.5) is 0 Å². The Bertz CT molecular complexity index is 332. The first-order chi connectivity index (χ1) is 8.50. The minimum Gasteiger partial charge on any atom is -0.394 e. The molecule has 5 heteroatoms. The van der Waals surface area contributed by atoms with E-state index in [1.807, 2.05) is 6.92 Å². The summed E-state index contributed by atoms with van der Waals surface area (Å²) in [5.41, 5.74) is -1.12. The molecule has 1 saturated carbocycles. The van der Waals surface area contributed by atoms with Crippen LogP contribution in [0.25, 0.3) is 0 Å². The van der Waals surface area contributed by atoms with Crippen LogP contribution in [0.3, 0.4) is 0 Å². The molecular weight excluding hydrogens is 234 g/mol. The predicted molar refractivity (Wildman–Crippen MR) is 64.4 cm³/mol. The van der Waals surface area contributed by atoms with Gasteiger partial charge >= 0.3 is 0 Å². The Balaban J connectivity index is 2.31. The Hall–Kier alpha value is -0.940. The molecule has 2 atom stereocenters. The standard InChI is InChI=1S/C13H21NO4/c1-3-13(6-15,7-16)14-11(17)9-4-8(2)5-10(9)12(14)18/h8-10,15-16H,3-7H2,1-2H3. The molecule has 2 unspecified atom stereocenters. The van der Waals surface area contributed by atoms with E-state index in [9.17, 15) is 19.8 Å². The summed E-state index contributed by atoms with van der Waals surface area (Å²) in [6.07, 6.45) is 1.84. The molecule has 1 saturated heterocycles. The molecular formula is C13H21NO4. The third-order valence-corrected chi connectivity index (χ3v) is 4.59. The predicted octanol–water partition coefficient (Wildman–Crippen LogP) is 0.151. The summed E-state index contributed by atoms with van der Waals surface area (Å²) in [6, 6.07) is 0. The lowest BCUT2D eigenvalue weighted by Crippen LogP contribution is -2.57. The average Bonchev–Trinajstić information content (AvgIpc) is 2.85. The van der Waals surface area contributed by atoms with Crippen LogP contribution in [-0.4, -0.2) is 45.7 Å². The average molecular weight is 255 g/mol. The number of carbonyl (C=O) groups is 2. The highest BCUT2D eigenvalue weighted by Gasteiger charge is 2.57. The summed E-state index contributed by atoms with van der Waals surface area (Å²) in [6.45, 7) is 3.05. The number of amides is 2. The molecule has 2 N–H and O–H groups in total. The van der Waals surface area contributed by atoms with E-state index in [1.54, 1.807) is 6.92 Å². The number of imide groups is 1. The molecule has 0 spiro atoms. The SMILES string of the molecule is CCC(CO)(CO)N1C(=O)C2CC(C)CC2C1=O. The van der Waals surface area contributed by atoms with Gasteiger partial charge in [-0.05, 0) is 25.2 Å². The van der Waals surface area contributed by atoms with Crippen molar-refractivity contribution in [2.45, 2.75) is 38.6 Å². The molecule has 18 heavy (non-hydrogen) atoms. The number of hydrogen-bond donors (Lipinski definition) is 2. The van der Waals surface area contributed by atoms with Gasteiger partial charge in [-0.25, -0.2) is 0 Å². The van der Waals surface area contributed by atoms with Crippen molar-refractivity contribution in [2.75, 3.05) is 13.2 Å². The molecule has 1 aliphatic carbocycles. The molecule has 102 valence electrons. The van der Waals surface area contributed by atoms with E-state index in [0.717, 1.165) is 17.7 Å². The Morgan fingerprint density at radius 2 is 1.61 bits per heavy atom. The lowest BCUT2D eigenvalue weighted by molar-refractivity contribution is -0.153. The van der Waals surface area contributed by atoms with Gasteiger partial charge in [-0.15, -0.1) is 0 Å². The van der Waals surface area contributed by atoms with Crippen molar-refractivity contribution >= 4 is 11.8 Å². The maximum atomic E-state index is 12.3. The number of aliphatic hydroxyl groups excluding tert-OH is 2. The molecule has 0 aromatic heterocycles. The highest BCUT2D eigenvalue weighted by Crippen LogP contribution is 2.45. The first-order valence-corrected chi connectivity index (χ1v) is 6.60. The number of likely N-dealkylation sites (tertiary alicyclic amines) is 1. The number of carbonyl (C=O) groups excluding carboxylic acids is 2. The van der Waals surface area contributed by atoms with Crippen LogP contribution >= 0.6 is 0 Å². The summed E-state index contributed by atoms with van der Waals surface area (Å²) >= 11 is 0. The lowest BCUT2D eigenvalue weighted by atomic mass is 9.95. The van der Waals surface area contributed by atoms with Gasteiger partial charge in [0.05, 0.1) is 30.6 Å².